The van der Waals surface area contributed by atoms with Crippen LogP contribution in [0.25, 0.3) is 0 Å². The molecule has 0 aromatic heterocycles. The van der Waals surface area contributed by atoms with Crippen molar-refractivity contribution in [3.8, 4) is 5.75 Å². The lowest BCUT2D eigenvalue weighted by molar-refractivity contribution is -0.140. The zero-order valence-electron chi connectivity index (χ0n) is 16.0. The van der Waals surface area contributed by atoms with Crippen LogP contribution in [0.15, 0.2) is 23.2 Å². The van der Waals surface area contributed by atoms with Crippen LogP contribution in [-0.4, -0.2) is 38.7 Å². The third kappa shape index (κ3) is 8.42. The molecule has 0 saturated heterocycles. The Morgan fingerprint density at radius 1 is 1.24 bits per heavy atom. The molecule has 25 heavy (non-hydrogen) atoms. The molecule has 0 heterocycles. The number of carbonyl (C=O) groups is 1. The topological polar surface area (TPSA) is 72.0 Å². The molecule has 0 aliphatic rings. The molecule has 0 fully saturated rings. The molecular formula is C19H31N3O3. The van der Waals surface area contributed by atoms with Crippen LogP contribution in [0.1, 0.15) is 44.2 Å². The number of ether oxygens (including phenoxy) is 2. The first-order chi connectivity index (χ1) is 12.0. The van der Waals surface area contributed by atoms with Gasteiger partial charge in [-0.1, -0.05) is 12.1 Å². The summed E-state index contributed by atoms with van der Waals surface area (Å²) in [6, 6.07) is 6.21. The van der Waals surface area contributed by atoms with Gasteiger partial charge in [-0.3, -0.25) is 9.79 Å². The molecule has 0 radical (unpaired) electrons. The number of nitrogens with zero attached hydrogens (tertiary/aromatic N) is 1. The van der Waals surface area contributed by atoms with E-state index in [1.54, 1.807) is 7.05 Å². The molecule has 1 aromatic rings. The normalized spacial score (nSPS) is 11.4. The van der Waals surface area contributed by atoms with Crippen molar-refractivity contribution in [1.29, 1.82) is 0 Å². The SMILES string of the molecule is CN=C(NCCCCC(=O)OC)NCc1ccc(C)cc1OC(C)C. The number of nitrogens with one attached hydrogen (secondary N) is 2. The van der Waals surface area contributed by atoms with Crippen LogP contribution in [0.3, 0.4) is 0 Å². The van der Waals surface area contributed by atoms with Gasteiger partial charge in [0.05, 0.1) is 13.2 Å². The number of hydrogen-bond acceptors (Lipinski definition) is 4. The van der Waals surface area contributed by atoms with Crippen molar-refractivity contribution < 1.29 is 14.3 Å². The summed E-state index contributed by atoms with van der Waals surface area (Å²) in [5.41, 5.74) is 2.26. The highest BCUT2D eigenvalue weighted by Crippen LogP contribution is 2.21. The summed E-state index contributed by atoms with van der Waals surface area (Å²) in [5, 5.41) is 6.55. The molecule has 0 bridgehead atoms. The number of methoxy groups -OCH3 is 1. The molecule has 1 aromatic carbocycles. The molecule has 0 atom stereocenters. The lowest BCUT2D eigenvalue weighted by Crippen LogP contribution is -2.37. The average molecular weight is 349 g/mol. The number of aliphatic imine (C=N–C) groups is 1. The number of benzene rings is 1. The van der Waals surface area contributed by atoms with E-state index in [1.807, 2.05) is 13.8 Å². The summed E-state index contributed by atoms with van der Waals surface area (Å²) in [4.78, 5) is 15.3. The number of unbranched alkanes of at least 4 members (excludes halogenated alkanes) is 1. The lowest BCUT2D eigenvalue weighted by Gasteiger charge is -2.17. The van der Waals surface area contributed by atoms with Gasteiger partial charge in [0.25, 0.3) is 0 Å². The number of carbonyl (C=O) groups excluding carboxylic acids is 1. The molecule has 6 heteroatoms. The average Bonchev–Trinajstić information content (AvgIpc) is 2.57. The minimum absolute atomic E-state index is 0.132. The Bertz CT molecular complexity index is 571. The van der Waals surface area contributed by atoms with E-state index in [1.165, 1.54) is 12.7 Å². The molecule has 1 rings (SSSR count). The third-order valence-corrected chi connectivity index (χ3v) is 3.58. The maximum atomic E-state index is 11.1. The fourth-order valence-corrected chi connectivity index (χ4v) is 2.27. The number of esters is 1. The van der Waals surface area contributed by atoms with Gasteiger partial charge in [0, 0.05) is 32.1 Å². The van der Waals surface area contributed by atoms with Crippen LogP contribution in [0, 0.1) is 6.92 Å². The van der Waals surface area contributed by atoms with Gasteiger partial charge >= 0.3 is 5.97 Å². The highest BCUT2D eigenvalue weighted by Gasteiger charge is 2.07. The van der Waals surface area contributed by atoms with Crippen molar-refractivity contribution in [2.75, 3.05) is 20.7 Å². The minimum atomic E-state index is -0.167. The second kappa shape index (κ2) is 11.3. The van der Waals surface area contributed by atoms with E-state index in [2.05, 4.69) is 45.5 Å². The molecule has 0 aliphatic heterocycles. The van der Waals surface area contributed by atoms with Gasteiger partial charge in [-0.15, -0.1) is 0 Å². The second-order valence-electron chi connectivity index (χ2n) is 6.16. The van der Waals surface area contributed by atoms with Gasteiger partial charge in [0.1, 0.15) is 5.75 Å². The molecule has 0 spiro atoms. The molecule has 0 aliphatic carbocycles. The molecule has 0 amide bonds. The summed E-state index contributed by atoms with van der Waals surface area (Å²) in [6.07, 6.45) is 2.25. The summed E-state index contributed by atoms with van der Waals surface area (Å²) < 4.78 is 10.5. The summed E-state index contributed by atoms with van der Waals surface area (Å²) in [7, 11) is 3.15. The fraction of sp³-hybridized carbons (Fsp3) is 0.579. The Morgan fingerprint density at radius 2 is 2.00 bits per heavy atom. The van der Waals surface area contributed by atoms with Crippen molar-refractivity contribution in [2.24, 2.45) is 4.99 Å². The number of guanidine groups is 1. The van der Waals surface area contributed by atoms with Crippen LogP contribution in [0.5, 0.6) is 5.75 Å². The van der Waals surface area contributed by atoms with Crippen molar-refractivity contribution in [2.45, 2.75) is 52.7 Å². The van der Waals surface area contributed by atoms with Crippen LogP contribution < -0.4 is 15.4 Å². The van der Waals surface area contributed by atoms with E-state index >= 15 is 0 Å². The highest BCUT2D eigenvalue weighted by atomic mass is 16.5. The van der Waals surface area contributed by atoms with E-state index in [9.17, 15) is 4.79 Å². The molecule has 6 nitrogen and oxygen atoms in total. The number of hydrogen-bond donors (Lipinski definition) is 2. The Morgan fingerprint density at radius 3 is 2.64 bits per heavy atom. The first-order valence-electron chi connectivity index (χ1n) is 8.73. The largest absolute Gasteiger partial charge is 0.491 e. The van der Waals surface area contributed by atoms with Crippen molar-refractivity contribution in [3.05, 3.63) is 29.3 Å². The molecular weight excluding hydrogens is 318 g/mol. The first-order valence-corrected chi connectivity index (χ1v) is 8.73. The van der Waals surface area contributed by atoms with Crippen LogP contribution in [0.2, 0.25) is 0 Å². The number of rotatable bonds is 9. The number of aryl methyl sites for hydroxylation is 1. The Balaban J connectivity index is 2.45. The summed E-state index contributed by atoms with van der Waals surface area (Å²) in [6.45, 7) is 7.48. The first kappa shape index (κ1) is 20.8. The third-order valence-electron chi connectivity index (χ3n) is 3.58. The standard InChI is InChI=1S/C19H31N3O3/c1-14(2)25-17-12-15(3)9-10-16(17)13-22-19(20-4)21-11-7-6-8-18(23)24-5/h9-10,12,14H,6-8,11,13H2,1-5H3,(H2,20,21,22). The zero-order valence-corrected chi connectivity index (χ0v) is 16.0. The zero-order chi connectivity index (χ0) is 18.7. The van der Waals surface area contributed by atoms with Gasteiger partial charge in [-0.2, -0.15) is 0 Å². The Hall–Kier alpha value is -2.24. The molecule has 0 saturated carbocycles. The summed E-state index contributed by atoms with van der Waals surface area (Å²) >= 11 is 0. The van der Waals surface area contributed by atoms with Gasteiger partial charge < -0.3 is 20.1 Å². The van der Waals surface area contributed by atoms with Crippen molar-refractivity contribution in [1.82, 2.24) is 10.6 Å². The van der Waals surface area contributed by atoms with E-state index in [0.29, 0.717) is 13.0 Å². The minimum Gasteiger partial charge on any atom is -0.491 e. The van der Waals surface area contributed by atoms with Crippen LogP contribution in [-0.2, 0) is 16.1 Å². The summed E-state index contributed by atoms with van der Waals surface area (Å²) in [5.74, 6) is 1.46. The van der Waals surface area contributed by atoms with E-state index in [4.69, 9.17) is 4.74 Å². The molecule has 140 valence electrons. The van der Waals surface area contributed by atoms with Crippen molar-refractivity contribution >= 4 is 11.9 Å². The van der Waals surface area contributed by atoms with E-state index in [-0.39, 0.29) is 12.1 Å². The van der Waals surface area contributed by atoms with Crippen molar-refractivity contribution in [3.63, 3.8) is 0 Å². The maximum absolute atomic E-state index is 11.1. The fourth-order valence-electron chi connectivity index (χ4n) is 2.27. The van der Waals surface area contributed by atoms with E-state index in [0.717, 1.165) is 36.7 Å². The van der Waals surface area contributed by atoms with Crippen LogP contribution >= 0.6 is 0 Å². The molecule has 2 N–H and O–H groups in total. The Kier molecular flexibility index (Phi) is 9.43. The van der Waals surface area contributed by atoms with Gasteiger partial charge in [-0.25, -0.2) is 0 Å². The molecule has 0 unspecified atom stereocenters. The highest BCUT2D eigenvalue weighted by molar-refractivity contribution is 5.79. The van der Waals surface area contributed by atoms with Crippen LogP contribution in [0.4, 0.5) is 0 Å². The maximum Gasteiger partial charge on any atom is 0.305 e. The van der Waals surface area contributed by atoms with Gasteiger partial charge in [0.15, 0.2) is 5.96 Å². The van der Waals surface area contributed by atoms with Gasteiger partial charge in [0.2, 0.25) is 0 Å². The van der Waals surface area contributed by atoms with Gasteiger partial charge in [-0.05, 0) is 45.2 Å². The lowest BCUT2D eigenvalue weighted by atomic mass is 10.1. The quantitative estimate of drug-likeness (QED) is 0.310. The predicted molar refractivity (Wildman–Crippen MR) is 101 cm³/mol. The smallest absolute Gasteiger partial charge is 0.305 e. The van der Waals surface area contributed by atoms with E-state index < -0.39 is 0 Å². The second-order valence-corrected chi connectivity index (χ2v) is 6.16. The Labute approximate surface area is 151 Å². The predicted octanol–water partition coefficient (Wildman–Crippen LogP) is 2.79. The monoisotopic (exact) mass is 349 g/mol.